The largest absolute Gasteiger partial charge is 0.416 e. The number of halogens is 3. The molecule has 0 radical (unpaired) electrons. The molecule has 1 amide bonds. The van der Waals surface area contributed by atoms with Gasteiger partial charge in [-0.1, -0.05) is 6.07 Å². The van der Waals surface area contributed by atoms with Crippen LogP contribution >= 0.6 is 11.3 Å². The SMILES string of the molecule is O=C(CNc1ccc(C(F)(F)F)cc1)N1CCCC1c1cccs1. The first-order valence-corrected chi connectivity index (χ1v) is 8.57. The highest BCUT2D eigenvalue weighted by molar-refractivity contribution is 7.10. The van der Waals surface area contributed by atoms with Gasteiger partial charge in [0.15, 0.2) is 0 Å². The number of carbonyl (C=O) groups is 1. The maximum atomic E-state index is 12.5. The van der Waals surface area contributed by atoms with Crippen LogP contribution in [0.15, 0.2) is 41.8 Å². The van der Waals surface area contributed by atoms with E-state index in [1.807, 2.05) is 22.4 Å². The molecule has 0 bridgehead atoms. The second-order valence-corrected chi connectivity index (χ2v) is 6.67. The van der Waals surface area contributed by atoms with Crippen molar-refractivity contribution in [2.24, 2.45) is 0 Å². The van der Waals surface area contributed by atoms with Crippen LogP contribution in [0.4, 0.5) is 18.9 Å². The lowest BCUT2D eigenvalue weighted by Crippen LogP contribution is -2.34. The first-order valence-electron chi connectivity index (χ1n) is 7.69. The number of nitrogens with zero attached hydrogens (tertiary/aromatic N) is 1. The molecule has 1 atom stereocenters. The fourth-order valence-corrected chi connectivity index (χ4v) is 3.77. The van der Waals surface area contributed by atoms with Crippen molar-refractivity contribution >= 4 is 22.9 Å². The Morgan fingerprint density at radius 2 is 2.00 bits per heavy atom. The van der Waals surface area contributed by atoms with Gasteiger partial charge in [0.2, 0.25) is 5.91 Å². The van der Waals surface area contributed by atoms with Crippen molar-refractivity contribution in [3.05, 3.63) is 52.2 Å². The zero-order valence-corrected chi connectivity index (χ0v) is 13.7. The van der Waals surface area contributed by atoms with Crippen molar-refractivity contribution in [3.63, 3.8) is 0 Å². The zero-order chi connectivity index (χ0) is 17.2. The minimum atomic E-state index is -4.35. The van der Waals surface area contributed by atoms with Gasteiger partial charge in [-0.2, -0.15) is 13.2 Å². The van der Waals surface area contributed by atoms with Crippen molar-refractivity contribution in [1.82, 2.24) is 4.90 Å². The van der Waals surface area contributed by atoms with E-state index in [0.717, 1.165) is 31.5 Å². The first-order chi connectivity index (χ1) is 11.4. The Morgan fingerprint density at radius 3 is 2.62 bits per heavy atom. The van der Waals surface area contributed by atoms with E-state index in [0.29, 0.717) is 5.69 Å². The van der Waals surface area contributed by atoms with Crippen molar-refractivity contribution in [2.75, 3.05) is 18.4 Å². The number of thiophene rings is 1. The fourth-order valence-electron chi connectivity index (χ4n) is 2.90. The highest BCUT2D eigenvalue weighted by Crippen LogP contribution is 2.34. The number of nitrogens with one attached hydrogen (secondary N) is 1. The van der Waals surface area contributed by atoms with E-state index in [4.69, 9.17) is 0 Å². The van der Waals surface area contributed by atoms with Crippen LogP contribution in [0.5, 0.6) is 0 Å². The number of likely N-dealkylation sites (tertiary alicyclic amines) is 1. The van der Waals surface area contributed by atoms with E-state index in [-0.39, 0.29) is 18.5 Å². The van der Waals surface area contributed by atoms with Crippen LogP contribution in [0.1, 0.15) is 29.3 Å². The van der Waals surface area contributed by atoms with Crippen molar-refractivity contribution in [1.29, 1.82) is 0 Å². The number of rotatable bonds is 4. The summed E-state index contributed by atoms with van der Waals surface area (Å²) in [4.78, 5) is 15.5. The molecule has 128 valence electrons. The average molecular weight is 354 g/mol. The number of benzene rings is 1. The second-order valence-electron chi connectivity index (χ2n) is 5.69. The third-order valence-electron chi connectivity index (χ3n) is 4.10. The Hall–Kier alpha value is -2.02. The smallest absolute Gasteiger partial charge is 0.376 e. The molecule has 7 heteroatoms. The molecule has 1 aromatic heterocycles. The molecule has 1 fully saturated rings. The quantitative estimate of drug-likeness (QED) is 0.874. The summed E-state index contributed by atoms with van der Waals surface area (Å²) >= 11 is 1.64. The molecule has 3 nitrogen and oxygen atoms in total. The van der Waals surface area contributed by atoms with E-state index in [2.05, 4.69) is 5.32 Å². The number of alkyl halides is 3. The van der Waals surface area contributed by atoms with Crippen LogP contribution in [-0.2, 0) is 11.0 Å². The Bertz CT molecular complexity index is 683. The molecule has 0 saturated carbocycles. The molecule has 1 N–H and O–H groups in total. The maximum Gasteiger partial charge on any atom is 0.416 e. The van der Waals surface area contributed by atoms with Crippen molar-refractivity contribution in [2.45, 2.75) is 25.1 Å². The number of carbonyl (C=O) groups excluding carboxylic acids is 1. The fraction of sp³-hybridized carbons (Fsp3) is 0.353. The number of amides is 1. The van der Waals surface area contributed by atoms with Crippen molar-refractivity contribution in [3.8, 4) is 0 Å². The molecule has 1 aromatic carbocycles. The number of hydrogen-bond donors (Lipinski definition) is 1. The van der Waals surface area contributed by atoms with E-state index in [1.54, 1.807) is 11.3 Å². The zero-order valence-electron chi connectivity index (χ0n) is 12.8. The molecule has 0 aliphatic carbocycles. The van der Waals surface area contributed by atoms with E-state index >= 15 is 0 Å². The van der Waals surface area contributed by atoms with Gasteiger partial charge in [-0.25, -0.2) is 0 Å². The first kappa shape index (κ1) is 16.8. The van der Waals surface area contributed by atoms with E-state index < -0.39 is 11.7 Å². The van der Waals surface area contributed by atoms with Crippen LogP contribution < -0.4 is 5.32 Å². The molecule has 1 aliphatic heterocycles. The van der Waals surface area contributed by atoms with Gasteiger partial charge < -0.3 is 10.2 Å². The Morgan fingerprint density at radius 1 is 1.25 bits per heavy atom. The lowest BCUT2D eigenvalue weighted by Gasteiger charge is -2.24. The van der Waals surface area contributed by atoms with E-state index in [9.17, 15) is 18.0 Å². The van der Waals surface area contributed by atoms with Gasteiger partial charge in [0, 0.05) is 17.1 Å². The molecule has 1 aliphatic rings. The summed E-state index contributed by atoms with van der Waals surface area (Å²) in [7, 11) is 0. The van der Waals surface area contributed by atoms with Gasteiger partial charge in [-0.3, -0.25) is 4.79 Å². The summed E-state index contributed by atoms with van der Waals surface area (Å²) in [6, 6.07) is 8.83. The highest BCUT2D eigenvalue weighted by atomic mass is 32.1. The topological polar surface area (TPSA) is 32.3 Å². The van der Waals surface area contributed by atoms with Crippen LogP contribution in [-0.4, -0.2) is 23.9 Å². The van der Waals surface area contributed by atoms with Crippen LogP contribution in [0, 0.1) is 0 Å². The lowest BCUT2D eigenvalue weighted by molar-refractivity contribution is -0.137. The van der Waals surface area contributed by atoms with Gasteiger partial charge in [-0.05, 0) is 48.6 Å². The van der Waals surface area contributed by atoms with Crippen LogP contribution in [0.3, 0.4) is 0 Å². The predicted octanol–water partition coefficient (Wildman–Crippen LogP) is 4.54. The highest BCUT2D eigenvalue weighted by Gasteiger charge is 2.31. The Kier molecular flexibility index (Phi) is 4.80. The minimum absolute atomic E-state index is 0.0363. The van der Waals surface area contributed by atoms with Crippen LogP contribution in [0.2, 0.25) is 0 Å². The molecular weight excluding hydrogens is 337 g/mol. The van der Waals surface area contributed by atoms with Gasteiger partial charge >= 0.3 is 6.18 Å². The van der Waals surface area contributed by atoms with Crippen molar-refractivity contribution < 1.29 is 18.0 Å². The molecule has 3 rings (SSSR count). The summed E-state index contributed by atoms with van der Waals surface area (Å²) in [5.74, 6) is -0.0363. The van der Waals surface area contributed by atoms with Gasteiger partial charge in [0.25, 0.3) is 0 Å². The summed E-state index contributed by atoms with van der Waals surface area (Å²) in [5, 5.41) is 4.91. The maximum absolute atomic E-state index is 12.5. The van der Waals surface area contributed by atoms with Crippen LogP contribution in [0.25, 0.3) is 0 Å². The summed E-state index contributed by atoms with van der Waals surface area (Å²) in [5.41, 5.74) is -0.195. The molecule has 0 spiro atoms. The summed E-state index contributed by atoms with van der Waals surface area (Å²) in [6.07, 6.45) is -2.43. The Labute approximate surface area is 142 Å². The molecule has 1 saturated heterocycles. The van der Waals surface area contributed by atoms with E-state index in [1.165, 1.54) is 17.0 Å². The predicted molar refractivity (Wildman–Crippen MR) is 87.9 cm³/mol. The molecule has 24 heavy (non-hydrogen) atoms. The van der Waals surface area contributed by atoms with Gasteiger partial charge in [0.05, 0.1) is 18.2 Å². The molecule has 2 aromatic rings. The number of anilines is 1. The third-order valence-corrected chi connectivity index (χ3v) is 5.07. The third kappa shape index (κ3) is 3.72. The molecule has 2 heterocycles. The van der Waals surface area contributed by atoms with Gasteiger partial charge in [0.1, 0.15) is 0 Å². The molecular formula is C17H17F3N2OS. The van der Waals surface area contributed by atoms with Gasteiger partial charge in [-0.15, -0.1) is 11.3 Å². The second kappa shape index (κ2) is 6.84. The molecule has 1 unspecified atom stereocenters. The monoisotopic (exact) mass is 354 g/mol. The normalized spacial score (nSPS) is 18.0. The number of hydrogen-bond acceptors (Lipinski definition) is 3. The standard InChI is InChI=1S/C17H17F3N2OS/c18-17(19,20)12-5-7-13(8-6-12)21-11-16(23)22-9-1-3-14(22)15-4-2-10-24-15/h2,4-8,10,14,21H,1,3,9,11H2. The minimum Gasteiger partial charge on any atom is -0.376 e. The summed E-state index contributed by atoms with van der Waals surface area (Å²) in [6.45, 7) is 0.795. The average Bonchev–Trinajstić information content (AvgIpc) is 3.22. The lowest BCUT2D eigenvalue weighted by atomic mass is 10.2. The Balaban J connectivity index is 1.59. The summed E-state index contributed by atoms with van der Waals surface area (Å²) < 4.78 is 37.6.